The fourth-order valence-corrected chi connectivity index (χ4v) is 7.05. The molecule has 6 aromatic carbocycles. The summed E-state index contributed by atoms with van der Waals surface area (Å²) in [6.45, 7) is 0. The Morgan fingerprint density at radius 2 is 0.960 bits per heavy atom. The Morgan fingerprint density at radius 3 is 1.70 bits per heavy atom. The lowest BCUT2D eigenvalue weighted by molar-refractivity contribution is 0.668. The quantitative estimate of drug-likeness (QED) is 0.187. The molecule has 0 aliphatic rings. The number of hydrogen-bond donors (Lipinski definition) is 0. The number of benzene rings is 6. The fraction of sp³-hybridized carbons (Fsp3) is 0. The van der Waals surface area contributed by atoms with Gasteiger partial charge in [0.25, 0.3) is 0 Å². The molecule has 4 heterocycles. The number of para-hydroxylation sites is 2. The van der Waals surface area contributed by atoms with Gasteiger partial charge in [0, 0.05) is 44.4 Å². The van der Waals surface area contributed by atoms with Gasteiger partial charge in [0.05, 0.1) is 22.6 Å². The van der Waals surface area contributed by atoms with Crippen LogP contribution < -0.4 is 0 Å². The first-order valence-corrected chi connectivity index (χ1v) is 16.6. The third kappa shape index (κ3) is 4.60. The lowest BCUT2D eigenvalue weighted by Crippen LogP contribution is -1.97. The highest BCUT2D eigenvalue weighted by molar-refractivity contribution is 6.21. The SMILES string of the molecule is c1ccc(-c2cc(-c3ccc(-c4ccccn4)cc3)nc(-c3ccc(-c4cccc5oc6ccccc6c45)c4c3oc3ccccc34)n2)cc1. The minimum absolute atomic E-state index is 0.595. The summed E-state index contributed by atoms with van der Waals surface area (Å²) in [6.07, 6.45) is 1.81. The Balaban J connectivity index is 1.21. The first-order valence-electron chi connectivity index (χ1n) is 16.6. The Bertz CT molecular complexity index is 2850. The van der Waals surface area contributed by atoms with Crippen molar-refractivity contribution in [2.75, 3.05) is 0 Å². The Morgan fingerprint density at radius 1 is 0.380 bits per heavy atom. The van der Waals surface area contributed by atoms with E-state index >= 15 is 0 Å². The number of rotatable bonds is 5. The molecule has 234 valence electrons. The maximum Gasteiger partial charge on any atom is 0.164 e. The number of hydrogen-bond acceptors (Lipinski definition) is 5. The number of fused-ring (bicyclic) bond motifs is 6. The van der Waals surface area contributed by atoms with Gasteiger partial charge in [0.1, 0.15) is 22.3 Å². The van der Waals surface area contributed by atoms with E-state index in [1.165, 1.54) is 0 Å². The molecule has 0 unspecified atom stereocenters. The van der Waals surface area contributed by atoms with E-state index in [2.05, 4.69) is 96.0 Å². The molecule has 5 heteroatoms. The van der Waals surface area contributed by atoms with Crippen molar-refractivity contribution in [3.05, 3.63) is 164 Å². The summed E-state index contributed by atoms with van der Waals surface area (Å²) < 4.78 is 13.0. The zero-order valence-corrected chi connectivity index (χ0v) is 26.7. The lowest BCUT2D eigenvalue weighted by atomic mass is 9.93. The Hall–Kier alpha value is -6.85. The topological polar surface area (TPSA) is 65.0 Å². The van der Waals surface area contributed by atoms with E-state index in [1.807, 2.05) is 72.9 Å². The van der Waals surface area contributed by atoms with E-state index in [-0.39, 0.29) is 0 Å². The molecule has 0 aliphatic carbocycles. The van der Waals surface area contributed by atoms with E-state index < -0.39 is 0 Å². The largest absolute Gasteiger partial charge is 0.456 e. The number of furan rings is 2. The number of nitrogens with zero attached hydrogens (tertiary/aromatic N) is 3. The highest BCUT2D eigenvalue weighted by Gasteiger charge is 2.22. The van der Waals surface area contributed by atoms with Crippen molar-refractivity contribution in [2.24, 2.45) is 0 Å². The van der Waals surface area contributed by atoms with Crippen LogP contribution in [0.25, 0.3) is 100 Å². The lowest BCUT2D eigenvalue weighted by Gasteiger charge is -2.12. The van der Waals surface area contributed by atoms with E-state index in [4.69, 9.17) is 18.8 Å². The fourth-order valence-electron chi connectivity index (χ4n) is 7.05. The van der Waals surface area contributed by atoms with E-state index in [0.717, 1.165) is 94.3 Å². The molecular weight excluding hydrogens is 615 g/mol. The standard InChI is InChI=1S/C45H27N3O2/c1-2-11-28(12-3-1)37-27-38(30-22-20-29(21-23-30)36-16-8-9-26-46-36)48-45(47-37)35-25-24-32(43-34-14-5-7-18-40(34)50-44(35)43)31-15-10-19-41-42(31)33-13-4-6-17-39(33)49-41/h1-27H. The second-order valence-electron chi connectivity index (χ2n) is 12.4. The van der Waals surface area contributed by atoms with Crippen LogP contribution in [0.1, 0.15) is 0 Å². The average Bonchev–Trinajstić information content (AvgIpc) is 3.77. The van der Waals surface area contributed by atoms with Crippen LogP contribution in [0.3, 0.4) is 0 Å². The number of pyridine rings is 1. The summed E-state index contributed by atoms with van der Waals surface area (Å²) in [6, 6.07) is 53.6. The molecule has 0 bridgehead atoms. The van der Waals surface area contributed by atoms with Crippen LogP contribution >= 0.6 is 0 Å². The van der Waals surface area contributed by atoms with Gasteiger partial charge in [0.2, 0.25) is 0 Å². The zero-order chi connectivity index (χ0) is 33.0. The van der Waals surface area contributed by atoms with Crippen molar-refractivity contribution < 1.29 is 8.83 Å². The van der Waals surface area contributed by atoms with Crippen LogP contribution in [0.15, 0.2) is 173 Å². The maximum atomic E-state index is 6.73. The number of aromatic nitrogens is 3. The summed E-state index contributed by atoms with van der Waals surface area (Å²) in [7, 11) is 0. The predicted molar refractivity (Wildman–Crippen MR) is 202 cm³/mol. The van der Waals surface area contributed by atoms with Gasteiger partial charge in [-0.05, 0) is 53.6 Å². The summed E-state index contributed by atoms with van der Waals surface area (Å²) in [5.41, 5.74) is 11.9. The molecule has 0 aliphatic heterocycles. The van der Waals surface area contributed by atoms with E-state index in [1.54, 1.807) is 0 Å². The molecule has 10 rings (SSSR count). The summed E-state index contributed by atoms with van der Waals surface area (Å²) in [5.74, 6) is 0.595. The Labute approximate surface area is 287 Å². The molecule has 0 saturated heterocycles. The summed E-state index contributed by atoms with van der Waals surface area (Å²) >= 11 is 0. The first kappa shape index (κ1) is 28.2. The molecule has 0 fully saturated rings. The van der Waals surface area contributed by atoms with Crippen LogP contribution in [-0.4, -0.2) is 15.0 Å². The molecule has 0 amide bonds. The molecule has 0 saturated carbocycles. The third-order valence-electron chi connectivity index (χ3n) is 9.40. The van der Waals surface area contributed by atoms with Crippen LogP contribution in [0.5, 0.6) is 0 Å². The Kier molecular flexibility index (Phi) is 6.42. The predicted octanol–water partition coefficient (Wildman–Crippen LogP) is 12.0. The molecule has 0 atom stereocenters. The molecule has 0 N–H and O–H groups in total. The minimum Gasteiger partial charge on any atom is -0.456 e. The third-order valence-corrected chi connectivity index (χ3v) is 9.40. The van der Waals surface area contributed by atoms with E-state index in [0.29, 0.717) is 5.82 Å². The molecule has 5 nitrogen and oxygen atoms in total. The monoisotopic (exact) mass is 641 g/mol. The second-order valence-corrected chi connectivity index (χ2v) is 12.4. The molecular formula is C45H27N3O2. The van der Waals surface area contributed by atoms with Gasteiger partial charge in [0.15, 0.2) is 5.82 Å². The molecule has 0 spiro atoms. The van der Waals surface area contributed by atoms with E-state index in [9.17, 15) is 0 Å². The zero-order valence-electron chi connectivity index (χ0n) is 26.7. The van der Waals surface area contributed by atoms with Crippen LogP contribution in [-0.2, 0) is 0 Å². The van der Waals surface area contributed by atoms with Gasteiger partial charge in [-0.3, -0.25) is 4.98 Å². The highest BCUT2D eigenvalue weighted by Crippen LogP contribution is 2.45. The van der Waals surface area contributed by atoms with Gasteiger partial charge in [-0.1, -0.05) is 115 Å². The highest BCUT2D eigenvalue weighted by atomic mass is 16.3. The summed E-state index contributed by atoms with van der Waals surface area (Å²) in [4.78, 5) is 14.9. The van der Waals surface area contributed by atoms with Crippen molar-refractivity contribution in [2.45, 2.75) is 0 Å². The van der Waals surface area contributed by atoms with Gasteiger partial charge in [-0.25, -0.2) is 9.97 Å². The van der Waals surface area contributed by atoms with Crippen molar-refractivity contribution in [1.29, 1.82) is 0 Å². The van der Waals surface area contributed by atoms with Crippen molar-refractivity contribution in [3.63, 3.8) is 0 Å². The maximum absolute atomic E-state index is 6.73. The van der Waals surface area contributed by atoms with Crippen molar-refractivity contribution >= 4 is 43.9 Å². The molecule has 10 aromatic rings. The van der Waals surface area contributed by atoms with Gasteiger partial charge < -0.3 is 8.83 Å². The summed E-state index contributed by atoms with van der Waals surface area (Å²) in [5, 5.41) is 4.22. The van der Waals surface area contributed by atoms with Crippen LogP contribution in [0.2, 0.25) is 0 Å². The average molecular weight is 642 g/mol. The molecule has 0 radical (unpaired) electrons. The van der Waals surface area contributed by atoms with Crippen molar-refractivity contribution in [3.8, 4) is 56.3 Å². The van der Waals surface area contributed by atoms with Crippen LogP contribution in [0, 0.1) is 0 Å². The normalized spacial score (nSPS) is 11.6. The van der Waals surface area contributed by atoms with Gasteiger partial charge in [-0.15, -0.1) is 0 Å². The smallest absolute Gasteiger partial charge is 0.164 e. The van der Waals surface area contributed by atoms with Gasteiger partial charge >= 0.3 is 0 Å². The second kappa shape index (κ2) is 11.4. The molecule has 50 heavy (non-hydrogen) atoms. The minimum atomic E-state index is 0.595. The first-order chi connectivity index (χ1) is 24.8. The molecule has 4 aromatic heterocycles. The van der Waals surface area contributed by atoms with Gasteiger partial charge in [-0.2, -0.15) is 0 Å². The van der Waals surface area contributed by atoms with Crippen molar-refractivity contribution in [1.82, 2.24) is 15.0 Å². The van der Waals surface area contributed by atoms with Crippen LogP contribution in [0.4, 0.5) is 0 Å².